The van der Waals surface area contributed by atoms with Gasteiger partial charge in [-0.25, -0.2) is 14.8 Å². The first-order valence-corrected chi connectivity index (χ1v) is 13.7. The Bertz CT molecular complexity index is 1430. The molecule has 3 heterocycles. The van der Waals surface area contributed by atoms with Crippen molar-refractivity contribution in [2.45, 2.75) is 32.8 Å². The number of oxazole rings is 1. The summed E-state index contributed by atoms with van der Waals surface area (Å²) in [6, 6.07) is 16.6. The molecule has 0 spiro atoms. The van der Waals surface area contributed by atoms with Crippen LogP contribution in [0, 0.1) is 0 Å². The molecule has 0 unspecified atom stereocenters. The highest BCUT2D eigenvalue weighted by atomic mass is 35.5. The third-order valence-corrected chi connectivity index (χ3v) is 6.52. The number of benzene rings is 2. The fourth-order valence-electron chi connectivity index (χ4n) is 4.29. The Labute approximate surface area is 238 Å². The standard InChI is InChI=1S/C30H33ClN4O5/c1-30(2,3)40-29(36)35-16-14-34(15-17-35)13-4-18-37-23-8-5-21(6-9-23)28-33-25-11-10-24(19-26(25)39-28)38-27-12-7-22(31)20-32-27/h5-12,19-20H,4,13-18H2,1-3H3. The maximum Gasteiger partial charge on any atom is 0.410 e. The molecule has 210 valence electrons. The zero-order valence-corrected chi connectivity index (χ0v) is 23.7. The van der Waals surface area contributed by atoms with Crippen molar-refractivity contribution >= 4 is 28.8 Å². The third kappa shape index (κ3) is 7.43. The van der Waals surface area contributed by atoms with Crippen molar-refractivity contribution in [2.75, 3.05) is 39.3 Å². The lowest BCUT2D eigenvalue weighted by Crippen LogP contribution is -2.50. The Morgan fingerprint density at radius 2 is 1.75 bits per heavy atom. The van der Waals surface area contributed by atoms with Crippen molar-refractivity contribution in [1.29, 1.82) is 0 Å². The fourth-order valence-corrected chi connectivity index (χ4v) is 4.40. The quantitative estimate of drug-likeness (QED) is 0.219. The molecule has 1 aliphatic rings. The molecular formula is C30H33ClN4O5. The topological polar surface area (TPSA) is 90.2 Å². The van der Waals surface area contributed by atoms with Gasteiger partial charge in [-0.15, -0.1) is 0 Å². The number of hydrogen-bond donors (Lipinski definition) is 0. The number of fused-ring (bicyclic) bond motifs is 1. The summed E-state index contributed by atoms with van der Waals surface area (Å²) in [5.41, 5.74) is 1.74. The van der Waals surface area contributed by atoms with Crippen LogP contribution in [-0.4, -0.2) is 70.8 Å². The summed E-state index contributed by atoms with van der Waals surface area (Å²) < 4.78 is 23.2. The molecule has 0 saturated carbocycles. The van der Waals surface area contributed by atoms with Gasteiger partial charge in [-0.1, -0.05) is 11.6 Å². The van der Waals surface area contributed by atoms with Crippen LogP contribution in [0.1, 0.15) is 27.2 Å². The van der Waals surface area contributed by atoms with Gasteiger partial charge in [0.2, 0.25) is 11.8 Å². The first-order valence-electron chi connectivity index (χ1n) is 13.4. The lowest BCUT2D eigenvalue weighted by atomic mass is 10.2. The number of piperazine rings is 1. The number of aromatic nitrogens is 2. The SMILES string of the molecule is CC(C)(C)OC(=O)N1CCN(CCCOc2ccc(-c3nc4ccc(Oc5ccc(Cl)cn5)cc4o3)cc2)CC1. The van der Waals surface area contributed by atoms with Crippen LogP contribution >= 0.6 is 11.6 Å². The first kappa shape index (κ1) is 27.7. The molecule has 0 bridgehead atoms. The summed E-state index contributed by atoms with van der Waals surface area (Å²) in [6.07, 6.45) is 2.20. The number of carbonyl (C=O) groups excluding carboxylic acids is 1. The molecule has 40 heavy (non-hydrogen) atoms. The van der Waals surface area contributed by atoms with Crippen LogP contribution < -0.4 is 9.47 Å². The maximum absolute atomic E-state index is 12.2. The first-order chi connectivity index (χ1) is 19.2. The Morgan fingerprint density at radius 3 is 2.45 bits per heavy atom. The second-order valence-electron chi connectivity index (χ2n) is 10.6. The van der Waals surface area contributed by atoms with Gasteiger partial charge in [-0.05, 0) is 69.7 Å². The number of ether oxygens (including phenoxy) is 3. The monoisotopic (exact) mass is 564 g/mol. The number of halogens is 1. The minimum Gasteiger partial charge on any atom is -0.494 e. The summed E-state index contributed by atoms with van der Waals surface area (Å²) in [7, 11) is 0. The molecule has 1 amide bonds. The summed E-state index contributed by atoms with van der Waals surface area (Å²) in [6.45, 7) is 10.2. The van der Waals surface area contributed by atoms with Crippen LogP contribution in [0.3, 0.4) is 0 Å². The largest absolute Gasteiger partial charge is 0.494 e. The molecule has 10 heteroatoms. The molecule has 1 fully saturated rings. The smallest absolute Gasteiger partial charge is 0.410 e. The predicted octanol–water partition coefficient (Wildman–Crippen LogP) is 6.66. The van der Waals surface area contributed by atoms with Crippen LogP contribution in [0.15, 0.2) is 65.2 Å². The summed E-state index contributed by atoms with van der Waals surface area (Å²) in [5.74, 6) is 2.35. The lowest BCUT2D eigenvalue weighted by Gasteiger charge is -2.35. The lowest BCUT2D eigenvalue weighted by molar-refractivity contribution is 0.0142. The average molecular weight is 565 g/mol. The number of hydrogen-bond acceptors (Lipinski definition) is 8. The van der Waals surface area contributed by atoms with E-state index in [1.165, 1.54) is 6.20 Å². The van der Waals surface area contributed by atoms with E-state index in [2.05, 4.69) is 14.9 Å². The Kier molecular flexibility index (Phi) is 8.42. The number of pyridine rings is 1. The summed E-state index contributed by atoms with van der Waals surface area (Å²) in [5, 5.41) is 0.547. The van der Waals surface area contributed by atoms with Crippen molar-refractivity contribution in [3.63, 3.8) is 0 Å². The van der Waals surface area contributed by atoms with Gasteiger partial charge in [0.1, 0.15) is 22.6 Å². The molecule has 0 aliphatic carbocycles. The molecule has 0 N–H and O–H groups in total. The van der Waals surface area contributed by atoms with Crippen LogP contribution in [0.5, 0.6) is 17.4 Å². The molecule has 1 saturated heterocycles. The summed E-state index contributed by atoms with van der Waals surface area (Å²) >= 11 is 5.89. The average Bonchev–Trinajstić information content (AvgIpc) is 3.36. The van der Waals surface area contributed by atoms with E-state index in [0.717, 1.165) is 42.9 Å². The number of rotatable bonds is 8. The van der Waals surface area contributed by atoms with Gasteiger partial charge in [-0.2, -0.15) is 0 Å². The summed E-state index contributed by atoms with van der Waals surface area (Å²) in [4.78, 5) is 25.1. The predicted molar refractivity (Wildman–Crippen MR) is 153 cm³/mol. The molecule has 0 atom stereocenters. The van der Waals surface area contributed by atoms with E-state index in [-0.39, 0.29) is 6.09 Å². The zero-order chi connectivity index (χ0) is 28.1. The van der Waals surface area contributed by atoms with E-state index in [1.54, 1.807) is 23.1 Å². The molecule has 2 aromatic heterocycles. The zero-order valence-electron chi connectivity index (χ0n) is 22.9. The second-order valence-corrected chi connectivity index (χ2v) is 11.0. The minimum absolute atomic E-state index is 0.234. The molecule has 1 aliphatic heterocycles. The van der Waals surface area contributed by atoms with Crippen LogP contribution in [0.4, 0.5) is 4.79 Å². The third-order valence-electron chi connectivity index (χ3n) is 6.30. The van der Waals surface area contributed by atoms with Crippen LogP contribution in [0.25, 0.3) is 22.6 Å². The van der Waals surface area contributed by atoms with Gasteiger partial charge < -0.3 is 23.5 Å². The second kappa shape index (κ2) is 12.1. The van der Waals surface area contributed by atoms with E-state index < -0.39 is 5.60 Å². The highest BCUT2D eigenvalue weighted by Crippen LogP contribution is 2.30. The van der Waals surface area contributed by atoms with E-state index in [0.29, 0.717) is 47.8 Å². The molecule has 4 aromatic rings. The van der Waals surface area contributed by atoms with Gasteiger partial charge >= 0.3 is 6.09 Å². The minimum atomic E-state index is -0.469. The molecule has 0 radical (unpaired) electrons. The molecule has 9 nitrogen and oxygen atoms in total. The van der Waals surface area contributed by atoms with Crippen molar-refractivity contribution in [3.8, 4) is 28.8 Å². The Hall–Kier alpha value is -3.82. The van der Waals surface area contributed by atoms with E-state index >= 15 is 0 Å². The van der Waals surface area contributed by atoms with E-state index in [9.17, 15) is 4.79 Å². The van der Waals surface area contributed by atoms with E-state index in [4.69, 9.17) is 30.2 Å². The highest BCUT2D eigenvalue weighted by molar-refractivity contribution is 6.30. The molecule has 5 rings (SSSR count). The van der Waals surface area contributed by atoms with Gasteiger partial charge in [-0.3, -0.25) is 4.90 Å². The molecular weight excluding hydrogens is 532 g/mol. The van der Waals surface area contributed by atoms with Crippen molar-refractivity contribution in [3.05, 3.63) is 65.8 Å². The van der Waals surface area contributed by atoms with Crippen molar-refractivity contribution in [2.24, 2.45) is 0 Å². The van der Waals surface area contributed by atoms with Crippen LogP contribution in [-0.2, 0) is 4.74 Å². The van der Waals surface area contributed by atoms with E-state index in [1.807, 2.05) is 57.2 Å². The molecule has 2 aromatic carbocycles. The van der Waals surface area contributed by atoms with Gasteiger partial charge in [0.05, 0.1) is 11.6 Å². The Morgan fingerprint density at radius 1 is 1.00 bits per heavy atom. The van der Waals surface area contributed by atoms with Crippen molar-refractivity contribution < 1.29 is 23.4 Å². The number of nitrogens with zero attached hydrogens (tertiary/aromatic N) is 4. The van der Waals surface area contributed by atoms with Gasteiger partial charge in [0, 0.05) is 56.6 Å². The number of carbonyl (C=O) groups is 1. The highest BCUT2D eigenvalue weighted by Gasteiger charge is 2.25. The number of amides is 1. The van der Waals surface area contributed by atoms with Gasteiger partial charge in [0.15, 0.2) is 5.58 Å². The normalized spacial score (nSPS) is 14.3. The van der Waals surface area contributed by atoms with Crippen LogP contribution in [0.2, 0.25) is 5.02 Å². The van der Waals surface area contributed by atoms with Crippen molar-refractivity contribution in [1.82, 2.24) is 19.8 Å². The fraction of sp³-hybridized carbons (Fsp3) is 0.367. The van der Waals surface area contributed by atoms with Gasteiger partial charge in [0.25, 0.3) is 0 Å². The Balaban J connectivity index is 1.07. The maximum atomic E-state index is 12.2.